The molecular formula is C57H68O10. The SMILES string of the molecule is CCCCCCCCCCCCOc1cc2c3cc4c(cc3c3c(OC(=O)Cc5ccc6c(c5)OCO6)cc5cc6c(cc5c3c2cc1OCCCCCCCCCCCC)OCO6)OCO4. The molecule has 3 aliphatic rings. The van der Waals surface area contributed by atoms with E-state index in [0.29, 0.717) is 59.2 Å². The first kappa shape index (κ1) is 46.3. The van der Waals surface area contributed by atoms with Crippen LogP contribution in [0.3, 0.4) is 0 Å². The summed E-state index contributed by atoms with van der Waals surface area (Å²) in [7, 11) is 0. The summed E-state index contributed by atoms with van der Waals surface area (Å²) in [5.74, 6) is 5.31. The number of esters is 1. The van der Waals surface area contributed by atoms with E-state index in [1.54, 1.807) is 0 Å². The molecule has 0 aromatic heterocycles. The minimum Gasteiger partial charge on any atom is -0.490 e. The minimum atomic E-state index is -0.412. The predicted molar refractivity (Wildman–Crippen MR) is 265 cm³/mol. The molecule has 0 radical (unpaired) electrons. The lowest BCUT2D eigenvalue weighted by atomic mass is 9.89. The van der Waals surface area contributed by atoms with Gasteiger partial charge >= 0.3 is 5.97 Å². The Balaban J connectivity index is 1.06. The van der Waals surface area contributed by atoms with E-state index < -0.39 is 5.97 Å². The summed E-state index contributed by atoms with van der Waals surface area (Å²) >= 11 is 0. The first-order chi connectivity index (χ1) is 33.1. The number of rotatable bonds is 27. The summed E-state index contributed by atoms with van der Waals surface area (Å²) in [6.45, 7) is 6.14. The van der Waals surface area contributed by atoms with Crippen molar-refractivity contribution in [3.8, 4) is 51.7 Å². The highest BCUT2D eigenvalue weighted by atomic mass is 16.7. The van der Waals surface area contributed by atoms with Crippen molar-refractivity contribution in [3.05, 3.63) is 66.2 Å². The number of hydrogen-bond donors (Lipinski definition) is 0. The van der Waals surface area contributed by atoms with Crippen molar-refractivity contribution in [2.45, 2.75) is 149 Å². The Labute approximate surface area is 395 Å². The molecule has 356 valence electrons. The maximum atomic E-state index is 14.0. The van der Waals surface area contributed by atoms with E-state index in [9.17, 15) is 4.79 Å². The molecule has 6 aromatic carbocycles. The van der Waals surface area contributed by atoms with Gasteiger partial charge in [0.05, 0.1) is 19.6 Å². The zero-order valence-corrected chi connectivity index (χ0v) is 39.7. The zero-order valence-electron chi connectivity index (χ0n) is 39.7. The zero-order chi connectivity index (χ0) is 45.8. The molecule has 0 atom stereocenters. The summed E-state index contributed by atoms with van der Waals surface area (Å²) in [5, 5.41) is 7.12. The van der Waals surface area contributed by atoms with Crippen molar-refractivity contribution >= 4 is 49.1 Å². The number of hydrogen-bond acceptors (Lipinski definition) is 10. The van der Waals surface area contributed by atoms with Crippen LogP contribution >= 0.6 is 0 Å². The van der Waals surface area contributed by atoms with Gasteiger partial charge in [-0.3, -0.25) is 4.79 Å². The van der Waals surface area contributed by atoms with Crippen LogP contribution in [-0.2, 0) is 11.2 Å². The molecule has 0 unspecified atom stereocenters. The van der Waals surface area contributed by atoms with Gasteiger partial charge in [0, 0.05) is 10.8 Å². The summed E-state index contributed by atoms with van der Waals surface area (Å²) in [5.41, 5.74) is 0.760. The second kappa shape index (κ2) is 22.8. The summed E-state index contributed by atoms with van der Waals surface area (Å²) in [6.07, 6.45) is 25.1. The van der Waals surface area contributed by atoms with Crippen molar-refractivity contribution in [2.24, 2.45) is 0 Å². The Kier molecular flexibility index (Phi) is 15.8. The molecule has 10 heteroatoms. The van der Waals surface area contributed by atoms with Gasteiger partial charge in [0.1, 0.15) is 5.75 Å². The monoisotopic (exact) mass is 912 g/mol. The van der Waals surface area contributed by atoms with Crippen LogP contribution in [0.1, 0.15) is 148 Å². The molecule has 0 saturated carbocycles. The quantitative estimate of drug-likeness (QED) is 0.0215. The number of benzene rings is 6. The molecule has 0 aliphatic carbocycles. The number of fused-ring (bicyclic) bond motifs is 11. The van der Waals surface area contributed by atoms with E-state index in [0.717, 1.165) is 80.1 Å². The second-order valence-electron chi connectivity index (χ2n) is 18.5. The molecule has 3 heterocycles. The van der Waals surface area contributed by atoms with Crippen LogP contribution in [0.2, 0.25) is 0 Å². The lowest BCUT2D eigenvalue weighted by molar-refractivity contribution is -0.133. The average molecular weight is 913 g/mol. The van der Waals surface area contributed by atoms with Gasteiger partial charge in [-0.15, -0.1) is 0 Å². The Morgan fingerprint density at radius 1 is 0.418 bits per heavy atom. The molecule has 0 N–H and O–H groups in total. The van der Waals surface area contributed by atoms with E-state index in [1.807, 2.05) is 48.5 Å². The van der Waals surface area contributed by atoms with Crippen LogP contribution in [0, 0.1) is 0 Å². The molecule has 0 fully saturated rings. The van der Waals surface area contributed by atoms with E-state index in [2.05, 4.69) is 26.0 Å². The fraction of sp³-hybridized carbons (Fsp3) is 0.491. The van der Waals surface area contributed by atoms with Gasteiger partial charge in [-0.25, -0.2) is 0 Å². The predicted octanol–water partition coefficient (Wildman–Crippen LogP) is 15.2. The number of ether oxygens (including phenoxy) is 9. The van der Waals surface area contributed by atoms with Crippen LogP contribution < -0.4 is 42.6 Å². The largest absolute Gasteiger partial charge is 0.490 e. The summed E-state index contributed by atoms with van der Waals surface area (Å²) in [4.78, 5) is 14.0. The number of carbonyl (C=O) groups is 1. The van der Waals surface area contributed by atoms with Crippen molar-refractivity contribution in [1.29, 1.82) is 0 Å². The van der Waals surface area contributed by atoms with Crippen LogP contribution in [0.4, 0.5) is 0 Å². The second-order valence-corrected chi connectivity index (χ2v) is 18.5. The van der Waals surface area contributed by atoms with E-state index in [-0.39, 0.29) is 26.8 Å². The molecule has 3 aliphatic heterocycles. The van der Waals surface area contributed by atoms with Gasteiger partial charge in [0.2, 0.25) is 20.4 Å². The summed E-state index contributed by atoms with van der Waals surface area (Å²) in [6, 6.07) is 19.8. The Morgan fingerprint density at radius 2 is 0.851 bits per heavy atom. The summed E-state index contributed by atoms with van der Waals surface area (Å²) < 4.78 is 54.9. The van der Waals surface area contributed by atoms with Gasteiger partial charge in [-0.1, -0.05) is 135 Å². The van der Waals surface area contributed by atoms with Crippen molar-refractivity contribution in [2.75, 3.05) is 33.6 Å². The third-order valence-electron chi connectivity index (χ3n) is 13.5. The van der Waals surface area contributed by atoms with E-state index in [1.165, 1.54) is 103 Å². The van der Waals surface area contributed by atoms with Gasteiger partial charge in [-0.05, 0) is 105 Å². The minimum absolute atomic E-state index is 0.0336. The van der Waals surface area contributed by atoms with Crippen molar-refractivity contribution < 1.29 is 47.4 Å². The molecular weight excluding hydrogens is 845 g/mol. The lowest BCUT2D eigenvalue weighted by Crippen LogP contribution is -2.11. The molecule has 6 aromatic rings. The number of carbonyl (C=O) groups excluding carboxylic acids is 1. The van der Waals surface area contributed by atoms with E-state index in [4.69, 9.17) is 42.6 Å². The highest BCUT2D eigenvalue weighted by molar-refractivity contribution is 6.34. The molecule has 0 amide bonds. The molecule has 0 spiro atoms. The third-order valence-corrected chi connectivity index (χ3v) is 13.5. The smallest absolute Gasteiger partial charge is 0.315 e. The standard InChI is InChI=1S/C57H68O10/c1-3-5-7-9-11-13-15-17-19-21-25-59-49-32-42-43-33-52-53(66-38-65-52)35-45(43)57-54(67-55(58)28-39-23-24-46-47(27-39)62-36-61-46)30-40-29-48-51(64-37-63-48)31-41(40)56(57)44(42)34-50(49)60-26-22-20-18-16-14-12-10-8-6-4-2/h23-24,27,29-35H,3-22,25-26,28,36-38H2,1-2H3. The average Bonchev–Trinajstić information content (AvgIpc) is 4.12. The number of unbranched alkanes of at least 4 members (excludes halogenated alkanes) is 18. The maximum Gasteiger partial charge on any atom is 0.315 e. The fourth-order valence-electron chi connectivity index (χ4n) is 9.90. The van der Waals surface area contributed by atoms with Gasteiger partial charge < -0.3 is 42.6 Å². The Hall–Kier alpha value is -5.77. The maximum absolute atomic E-state index is 14.0. The third kappa shape index (κ3) is 11.2. The topological polar surface area (TPSA) is 100 Å². The molecule has 0 bridgehead atoms. The fourth-order valence-corrected chi connectivity index (χ4v) is 9.90. The van der Waals surface area contributed by atoms with Crippen LogP contribution in [0.5, 0.6) is 51.7 Å². The molecule has 0 saturated heterocycles. The van der Waals surface area contributed by atoms with Crippen LogP contribution in [-0.4, -0.2) is 39.6 Å². The lowest BCUT2D eigenvalue weighted by Gasteiger charge is -2.20. The van der Waals surface area contributed by atoms with Gasteiger partial charge in [-0.2, -0.15) is 0 Å². The first-order valence-electron chi connectivity index (χ1n) is 25.5. The van der Waals surface area contributed by atoms with Crippen LogP contribution in [0.15, 0.2) is 60.7 Å². The Bertz CT molecular complexity index is 2650. The van der Waals surface area contributed by atoms with E-state index >= 15 is 0 Å². The Morgan fingerprint density at radius 3 is 1.42 bits per heavy atom. The highest BCUT2D eigenvalue weighted by Gasteiger charge is 2.26. The normalized spacial score (nSPS) is 13.4. The molecule has 67 heavy (non-hydrogen) atoms. The highest BCUT2D eigenvalue weighted by Crippen LogP contribution is 2.51. The first-order valence-corrected chi connectivity index (χ1v) is 25.5. The molecule has 9 rings (SSSR count). The van der Waals surface area contributed by atoms with Gasteiger partial charge in [0.25, 0.3) is 0 Å². The molecule has 10 nitrogen and oxygen atoms in total. The van der Waals surface area contributed by atoms with Crippen molar-refractivity contribution in [3.63, 3.8) is 0 Å². The van der Waals surface area contributed by atoms with Crippen LogP contribution in [0.25, 0.3) is 43.1 Å². The van der Waals surface area contributed by atoms with Crippen molar-refractivity contribution in [1.82, 2.24) is 0 Å². The van der Waals surface area contributed by atoms with Gasteiger partial charge in [0.15, 0.2) is 46.0 Å².